The van der Waals surface area contributed by atoms with Crippen LogP contribution in [0.25, 0.3) is 11.4 Å². The van der Waals surface area contributed by atoms with Gasteiger partial charge in [-0.2, -0.15) is 0 Å². The van der Waals surface area contributed by atoms with Crippen molar-refractivity contribution in [1.29, 1.82) is 0 Å². The fourth-order valence-electron chi connectivity index (χ4n) is 2.33. The Bertz CT molecular complexity index is 737. The van der Waals surface area contributed by atoms with Crippen LogP contribution >= 0.6 is 0 Å². The molecule has 0 radical (unpaired) electrons. The van der Waals surface area contributed by atoms with Gasteiger partial charge in [-0.05, 0) is 32.4 Å². The van der Waals surface area contributed by atoms with Crippen LogP contribution in [0.4, 0.5) is 10.5 Å². The van der Waals surface area contributed by atoms with Crippen LogP contribution in [-0.4, -0.2) is 32.2 Å². The van der Waals surface area contributed by atoms with Gasteiger partial charge in [0, 0.05) is 42.7 Å². The molecular formula is C17H22N4O3. The van der Waals surface area contributed by atoms with Crippen LogP contribution in [0.5, 0.6) is 0 Å². The number of rotatable bonds is 6. The van der Waals surface area contributed by atoms with Crippen LogP contribution in [0.3, 0.4) is 0 Å². The molecule has 7 heteroatoms. The molecule has 2 rings (SSSR count). The maximum atomic E-state index is 12.1. The van der Waals surface area contributed by atoms with E-state index in [2.05, 4.69) is 15.6 Å². The first-order valence-electron chi connectivity index (χ1n) is 7.65. The third-order valence-electron chi connectivity index (χ3n) is 3.62. The molecule has 0 spiro atoms. The van der Waals surface area contributed by atoms with Gasteiger partial charge in [-0.15, -0.1) is 0 Å². The van der Waals surface area contributed by atoms with E-state index in [1.54, 1.807) is 26.1 Å². The number of carboxylic acids is 1. The Balaban J connectivity index is 2.02. The van der Waals surface area contributed by atoms with Crippen LogP contribution in [0, 0.1) is 0 Å². The van der Waals surface area contributed by atoms with Gasteiger partial charge < -0.3 is 20.3 Å². The molecule has 7 nitrogen and oxygen atoms in total. The van der Waals surface area contributed by atoms with Crippen molar-refractivity contribution in [2.24, 2.45) is 7.05 Å². The second-order valence-corrected chi connectivity index (χ2v) is 6.30. The summed E-state index contributed by atoms with van der Waals surface area (Å²) in [7, 11) is 1.90. The van der Waals surface area contributed by atoms with Gasteiger partial charge in [0.25, 0.3) is 0 Å². The number of aryl methyl sites for hydroxylation is 1. The number of nitrogens with one attached hydrogen (secondary N) is 2. The number of aromatic nitrogens is 2. The molecule has 0 aliphatic heterocycles. The predicted octanol–water partition coefficient (Wildman–Crippen LogP) is 2.85. The Labute approximate surface area is 140 Å². The van der Waals surface area contributed by atoms with Crippen molar-refractivity contribution >= 4 is 17.7 Å². The Kier molecular flexibility index (Phi) is 5.23. The lowest BCUT2D eigenvalue weighted by atomic mass is 9.99. The van der Waals surface area contributed by atoms with E-state index in [9.17, 15) is 9.59 Å². The number of benzene rings is 1. The lowest BCUT2D eigenvalue weighted by Crippen LogP contribution is -2.45. The Morgan fingerprint density at radius 2 is 2.08 bits per heavy atom. The minimum atomic E-state index is -0.881. The number of amides is 2. The average molecular weight is 330 g/mol. The number of nitrogens with zero attached hydrogens (tertiary/aromatic N) is 2. The molecule has 0 aliphatic carbocycles. The van der Waals surface area contributed by atoms with Gasteiger partial charge in [0.1, 0.15) is 5.82 Å². The molecule has 0 atom stereocenters. The van der Waals surface area contributed by atoms with Crippen LogP contribution < -0.4 is 10.6 Å². The van der Waals surface area contributed by atoms with Crippen molar-refractivity contribution in [2.75, 3.05) is 5.32 Å². The number of carbonyl (C=O) groups is 2. The standard InChI is InChI=1S/C17H22N4O3/c1-17(2,8-7-14(22)23)20-16(24)19-13-6-4-5-12(11-13)15-18-9-10-21(15)3/h4-6,9-11H,7-8H2,1-3H3,(H,22,23)(H2,19,20,24). The molecule has 2 aromatic rings. The lowest BCUT2D eigenvalue weighted by Gasteiger charge is -2.25. The fraction of sp³-hybridized carbons (Fsp3) is 0.353. The quantitative estimate of drug-likeness (QED) is 0.759. The van der Waals surface area contributed by atoms with Gasteiger partial charge in [0.2, 0.25) is 0 Å². The number of urea groups is 1. The molecular weight excluding hydrogens is 308 g/mol. The minimum Gasteiger partial charge on any atom is -0.481 e. The van der Waals surface area contributed by atoms with Gasteiger partial charge >= 0.3 is 12.0 Å². The van der Waals surface area contributed by atoms with E-state index in [0.717, 1.165) is 11.4 Å². The molecule has 0 bridgehead atoms. The predicted molar refractivity (Wildman–Crippen MR) is 91.7 cm³/mol. The molecule has 1 aromatic carbocycles. The molecule has 24 heavy (non-hydrogen) atoms. The van der Waals surface area contributed by atoms with E-state index in [1.165, 1.54) is 0 Å². The fourth-order valence-corrected chi connectivity index (χ4v) is 2.33. The highest BCUT2D eigenvalue weighted by Crippen LogP contribution is 2.21. The maximum Gasteiger partial charge on any atom is 0.319 e. The molecule has 2 amide bonds. The summed E-state index contributed by atoms with van der Waals surface area (Å²) in [5.41, 5.74) is 0.923. The first kappa shape index (κ1) is 17.5. The van der Waals surface area contributed by atoms with E-state index < -0.39 is 11.5 Å². The summed E-state index contributed by atoms with van der Waals surface area (Å²) in [5.74, 6) is -0.0751. The van der Waals surface area contributed by atoms with Gasteiger partial charge in [-0.1, -0.05) is 12.1 Å². The average Bonchev–Trinajstić information content (AvgIpc) is 2.91. The summed E-state index contributed by atoms with van der Waals surface area (Å²) in [5, 5.41) is 14.3. The van der Waals surface area contributed by atoms with Gasteiger partial charge in [0.05, 0.1) is 0 Å². The van der Waals surface area contributed by atoms with Crippen molar-refractivity contribution in [3.8, 4) is 11.4 Å². The molecule has 0 fully saturated rings. The van der Waals surface area contributed by atoms with Crippen molar-refractivity contribution in [2.45, 2.75) is 32.2 Å². The lowest BCUT2D eigenvalue weighted by molar-refractivity contribution is -0.137. The van der Waals surface area contributed by atoms with Gasteiger partial charge in [-0.3, -0.25) is 4.79 Å². The van der Waals surface area contributed by atoms with Crippen LogP contribution in [0.2, 0.25) is 0 Å². The highest BCUT2D eigenvalue weighted by molar-refractivity contribution is 5.90. The van der Waals surface area contributed by atoms with Crippen molar-refractivity contribution in [3.63, 3.8) is 0 Å². The van der Waals surface area contributed by atoms with E-state index in [-0.39, 0.29) is 12.5 Å². The summed E-state index contributed by atoms with van der Waals surface area (Å²) in [6, 6.07) is 7.02. The number of carboxylic acid groups (broad SMARTS) is 1. The SMILES string of the molecule is Cn1ccnc1-c1cccc(NC(=O)NC(C)(C)CCC(=O)O)c1. The largest absolute Gasteiger partial charge is 0.481 e. The maximum absolute atomic E-state index is 12.1. The first-order valence-corrected chi connectivity index (χ1v) is 7.65. The van der Waals surface area contributed by atoms with Crippen LogP contribution in [-0.2, 0) is 11.8 Å². The number of hydrogen-bond donors (Lipinski definition) is 3. The zero-order chi connectivity index (χ0) is 17.7. The Hall–Kier alpha value is -2.83. The number of anilines is 1. The van der Waals surface area contributed by atoms with E-state index >= 15 is 0 Å². The molecule has 0 saturated carbocycles. The number of imidazole rings is 1. The Morgan fingerprint density at radius 1 is 1.33 bits per heavy atom. The van der Waals surface area contributed by atoms with E-state index in [0.29, 0.717) is 12.1 Å². The molecule has 1 heterocycles. The van der Waals surface area contributed by atoms with Gasteiger partial charge in [0.15, 0.2) is 0 Å². The molecule has 1 aromatic heterocycles. The zero-order valence-corrected chi connectivity index (χ0v) is 14.0. The third-order valence-corrected chi connectivity index (χ3v) is 3.62. The normalized spacial score (nSPS) is 11.1. The number of aliphatic carboxylic acids is 1. The highest BCUT2D eigenvalue weighted by Gasteiger charge is 2.21. The van der Waals surface area contributed by atoms with Crippen molar-refractivity contribution < 1.29 is 14.7 Å². The topological polar surface area (TPSA) is 96.3 Å². The highest BCUT2D eigenvalue weighted by atomic mass is 16.4. The summed E-state index contributed by atoms with van der Waals surface area (Å²) in [6.45, 7) is 3.58. The molecule has 0 saturated heterocycles. The summed E-state index contributed by atoms with van der Waals surface area (Å²) in [4.78, 5) is 27.1. The zero-order valence-electron chi connectivity index (χ0n) is 14.0. The second-order valence-electron chi connectivity index (χ2n) is 6.30. The van der Waals surface area contributed by atoms with Crippen LogP contribution in [0.15, 0.2) is 36.7 Å². The third kappa shape index (κ3) is 4.84. The second kappa shape index (κ2) is 7.16. The van der Waals surface area contributed by atoms with Crippen LogP contribution in [0.1, 0.15) is 26.7 Å². The molecule has 3 N–H and O–H groups in total. The molecule has 128 valence electrons. The van der Waals surface area contributed by atoms with Crippen molar-refractivity contribution in [1.82, 2.24) is 14.9 Å². The summed E-state index contributed by atoms with van der Waals surface area (Å²) >= 11 is 0. The smallest absolute Gasteiger partial charge is 0.319 e. The number of hydrogen-bond acceptors (Lipinski definition) is 3. The molecule has 0 unspecified atom stereocenters. The first-order chi connectivity index (χ1) is 11.3. The molecule has 0 aliphatic rings. The Morgan fingerprint density at radius 3 is 2.71 bits per heavy atom. The van der Waals surface area contributed by atoms with E-state index in [4.69, 9.17) is 5.11 Å². The van der Waals surface area contributed by atoms with Gasteiger partial charge in [-0.25, -0.2) is 9.78 Å². The monoisotopic (exact) mass is 330 g/mol. The van der Waals surface area contributed by atoms with E-state index in [1.807, 2.05) is 36.0 Å². The minimum absolute atomic E-state index is 0.00191. The summed E-state index contributed by atoms with van der Waals surface area (Å²) < 4.78 is 1.90. The van der Waals surface area contributed by atoms with Crippen molar-refractivity contribution in [3.05, 3.63) is 36.7 Å². The number of carbonyl (C=O) groups excluding carboxylic acids is 1. The summed E-state index contributed by atoms with van der Waals surface area (Å²) in [6.07, 6.45) is 3.92.